The number of methoxy groups -OCH3 is 1. The van der Waals surface area contributed by atoms with Crippen LogP contribution in [0.25, 0.3) is 0 Å². The maximum Gasteiger partial charge on any atom is 0.244 e. The van der Waals surface area contributed by atoms with Gasteiger partial charge >= 0.3 is 0 Å². The number of ether oxygens (including phenoxy) is 1. The molecule has 3 aromatic rings. The van der Waals surface area contributed by atoms with Crippen LogP contribution in [0.5, 0.6) is 5.75 Å². The summed E-state index contributed by atoms with van der Waals surface area (Å²) in [6.07, 6.45) is 5.09. The zero-order valence-electron chi connectivity index (χ0n) is 13.3. The number of anilines is 2. The normalized spacial score (nSPS) is 10.2. The van der Waals surface area contributed by atoms with Crippen LogP contribution in [-0.4, -0.2) is 27.3 Å². The lowest BCUT2D eigenvalue weighted by Crippen LogP contribution is -2.08. The Kier molecular flexibility index (Phi) is 5.14. The maximum absolute atomic E-state index is 5.34. The van der Waals surface area contributed by atoms with Crippen molar-refractivity contribution in [2.75, 3.05) is 17.7 Å². The Hall–Kier alpha value is -3.22. The second-order valence-corrected chi connectivity index (χ2v) is 5.04. The molecule has 7 nitrogen and oxygen atoms in total. The highest BCUT2D eigenvalue weighted by molar-refractivity contribution is 5.41. The highest BCUT2D eigenvalue weighted by Crippen LogP contribution is 2.18. The molecule has 0 saturated carbocycles. The molecule has 0 spiro atoms. The monoisotopic (exact) mass is 322 g/mol. The number of aromatic nitrogens is 4. The molecular weight excluding hydrogens is 304 g/mol. The maximum atomic E-state index is 5.34. The van der Waals surface area contributed by atoms with E-state index in [-0.39, 0.29) is 0 Å². The van der Waals surface area contributed by atoms with Gasteiger partial charge in [0.25, 0.3) is 0 Å². The van der Waals surface area contributed by atoms with Gasteiger partial charge in [0.1, 0.15) is 5.75 Å². The van der Waals surface area contributed by atoms with Crippen LogP contribution >= 0.6 is 0 Å². The smallest absolute Gasteiger partial charge is 0.244 e. The summed E-state index contributed by atoms with van der Waals surface area (Å²) in [7, 11) is 1.66. The molecule has 0 atom stereocenters. The number of nitrogens with one attached hydrogen (secondary N) is 2. The van der Waals surface area contributed by atoms with Gasteiger partial charge in [-0.15, -0.1) is 5.10 Å². The first-order valence-corrected chi connectivity index (χ1v) is 7.53. The Morgan fingerprint density at radius 2 is 1.83 bits per heavy atom. The van der Waals surface area contributed by atoms with E-state index in [1.54, 1.807) is 25.7 Å². The van der Waals surface area contributed by atoms with Gasteiger partial charge in [0, 0.05) is 31.0 Å². The van der Waals surface area contributed by atoms with Gasteiger partial charge in [0.05, 0.1) is 13.3 Å². The zero-order chi connectivity index (χ0) is 16.6. The number of hydrogen-bond acceptors (Lipinski definition) is 7. The van der Waals surface area contributed by atoms with E-state index < -0.39 is 0 Å². The molecule has 0 bridgehead atoms. The highest BCUT2D eigenvalue weighted by atomic mass is 16.5. The summed E-state index contributed by atoms with van der Waals surface area (Å²) < 4.78 is 5.34. The van der Waals surface area contributed by atoms with Crippen LogP contribution < -0.4 is 15.4 Å². The molecule has 3 rings (SSSR count). The molecule has 0 aliphatic carbocycles. The van der Waals surface area contributed by atoms with Crippen LogP contribution in [0.15, 0.2) is 55.0 Å². The molecule has 0 unspecified atom stereocenters. The fourth-order valence-corrected chi connectivity index (χ4v) is 2.18. The van der Waals surface area contributed by atoms with Crippen molar-refractivity contribution < 1.29 is 4.74 Å². The molecule has 0 amide bonds. The third-order valence-corrected chi connectivity index (χ3v) is 3.41. The summed E-state index contributed by atoms with van der Waals surface area (Å²) in [6, 6.07) is 11.7. The third-order valence-electron chi connectivity index (χ3n) is 3.41. The molecule has 2 heterocycles. The van der Waals surface area contributed by atoms with E-state index in [9.17, 15) is 0 Å². The van der Waals surface area contributed by atoms with Crippen LogP contribution in [0.1, 0.15) is 11.1 Å². The van der Waals surface area contributed by atoms with Crippen molar-refractivity contribution in [3.8, 4) is 5.75 Å². The molecule has 0 saturated heterocycles. The van der Waals surface area contributed by atoms with Gasteiger partial charge < -0.3 is 15.4 Å². The van der Waals surface area contributed by atoms with Crippen molar-refractivity contribution in [2.45, 2.75) is 13.1 Å². The number of pyridine rings is 1. The second-order valence-electron chi connectivity index (χ2n) is 5.04. The predicted octanol–water partition coefficient (Wildman–Crippen LogP) is 2.50. The minimum absolute atomic E-state index is 0.469. The Labute approximate surface area is 140 Å². The van der Waals surface area contributed by atoms with Gasteiger partial charge in [-0.1, -0.05) is 18.2 Å². The van der Waals surface area contributed by atoms with Gasteiger partial charge in [-0.05, 0) is 23.8 Å². The molecule has 122 valence electrons. The van der Waals surface area contributed by atoms with Crippen molar-refractivity contribution in [1.29, 1.82) is 0 Å². The average molecular weight is 322 g/mol. The minimum atomic E-state index is 0.469. The first kappa shape index (κ1) is 15.7. The standard InChI is InChI=1S/C17H18N6O/c1-24-15-5-3-2-4-14(15)11-19-16-12-21-23-17(22-16)20-10-13-6-8-18-9-7-13/h2-9,12H,10-11H2,1H3,(H2,19,20,22,23). The van der Waals surface area contributed by atoms with Crippen molar-refractivity contribution >= 4 is 11.8 Å². The summed E-state index contributed by atoms with van der Waals surface area (Å²) in [6.45, 7) is 1.20. The average Bonchev–Trinajstić information content (AvgIpc) is 2.66. The number of para-hydroxylation sites is 1. The third kappa shape index (κ3) is 4.16. The molecule has 2 aromatic heterocycles. The molecule has 0 fully saturated rings. The highest BCUT2D eigenvalue weighted by Gasteiger charge is 2.04. The molecule has 0 aliphatic rings. The van der Waals surface area contributed by atoms with E-state index in [2.05, 4.69) is 30.8 Å². The van der Waals surface area contributed by atoms with Gasteiger partial charge in [-0.25, -0.2) is 0 Å². The van der Waals surface area contributed by atoms with Crippen molar-refractivity contribution in [2.24, 2.45) is 0 Å². The summed E-state index contributed by atoms with van der Waals surface area (Å²) in [5.41, 5.74) is 2.14. The van der Waals surface area contributed by atoms with Gasteiger partial charge in [0.15, 0.2) is 5.82 Å². The lowest BCUT2D eigenvalue weighted by Gasteiger charge is -2.10. The van der Waals surface area contributed by atoms with Gasteiger partial charge in [-0.3, -0.25) is 4.98 Å². The first-order chi connectivity index (χ1) is 11.8. The summed E-state index contributed by atoms with van der Waals surface area (Å²) in [4.78, 5) is 8.40. The number of benzene rings is 1. The van der Waals surface area contributed by atoms with Crippen LogP contribution in [0.2, 0.25) is 0 Å². The SMILES string of the molecule is COc1ccccc1CNc1cnnc(NCc2ccncc2)n1. The number of rotatable bonds is 7. The molecule has 0 radical (unpaired) electrons. The zero-order valence-corrected chi connectivity index (χ0v) is 13.3. The van der Waals surface area contributed by atoms with Crippen molar-refractivity contribution in [3.63, 3.8) is 0 Å². The van der Waals surface area contributed by atoms with Crippen LogP contribution in [-0.2, 0) is 13.1 Å². The van der Waals surface area contributed by atoms with Gasteiger partial charge in [-0.2, -0.15) is 10.1 Å². The molecule has 2 N–H and O–H groups in total. The second kappa shape index (κ2) is 7.87. The fourth-order valence-electron chi connectivity index (χ4n) is 2.18. The lowest BCUT2D eigenvalue weighted by molar-refractivity contribution is 0.410. The Balaban J connectivity index is 1.61. The molecular formula is C17H18N6O. The minimum Gasteiger partial charge on any atom is -0.496 e. The molecule has 1 aromatic carbocycles. The van der Waals surface area contributed by atoms with E-state index in [1.807, 2.05) is 36.4 Å². The Morgan fingerprint density at radius 3 is 2.67 bits per heavy atom. The Bertz CT molecular complexity index is 781. The fraction of sp³-hybridized carbons (Fsp3) is 0.176. The molecule has 24 heavy (non-hydrogen) atoms. The molecule has 7 heteroatoms. The van der Waals surface area contributed by atoms with Crippen LogP contribution in [0.3, 0.4) is 0 Å². The van der Waals surface area contributed by atoms with Crippen LogP contribution in [0.4, 0.5) is 11.8 Å². The first-order valence-electron chi connectivity index (χ1n) is 7.53. The van der Waals surface area contributed by atoms with Crippen molar-refractivity contribution in [1.82, 2.24) is 20.2 Å². The largest absolute Gasteiger partial charge is 0.496 e. The van der Waals surface area contributed by atoms with E-state index >= 15 is 0 Å². The summed E-state index contributed by atoms with van der Waals surface area (Å²) in [5.74, 6) is 1.95. The number of nitrogens with zero attached hydrogens (tertiary/aromatic N) is 4. The quantitative estimate of drug-likeness (QED) is 0.691. The number of hydrogen-bond donors (Lipinski definition) is 2. The van der Waals surface area contributed by atoms with E-state index in [0.29, 0.717) is 24.9 Å². The van der Waals surface area contributed by atoms with Gasteiger partial charge in [0.2, 0.25) is 5.95 Å². The Morgan fingerprint density at radius 1 is 1.00 bits per heavy atom. The van der Waals surface area contributed by atoms with Crippen LogP contribution in [0, 0.1) is 0 Å². The van der Waals surface area contributed by atoms with E-state index in [4.69, 9.17) is 4.74 Å². The topological polar surface area (TPSA) is 84.9 Å². The van der Waals surface area contributed by atoms with Crippen molar-refractivity contribution in [3.05, 3.63) is 66.1 Å². The predicted molar refractivity (Wildman–Crippen MR) is 91.7 cm³/mol. The van der Waals surface area contributed by atoms with E-state index in [1.165, 1.54) is 0 Å². The molecule has 0 aliphatic heterocycles. The summed E-state index contributed by atoms with van der Waals surface area (Å²) >= 11 is 0. The van der Waals surface area contributed by atoms with E-state index in [0.717, 1.165) is 16.9 Å². The summed E-state index contributed by atoms with van der Waals surface area (Å²) in [5, 5.41) is 14.3. The lowest BCUT2D eigenvalue weighted by atomic mass is 10.2.